The molecule has 0 aliphatic carbocycles. The van der Waals surface area contributed by atoms with Crippen molar-refractivity contribution in [1.29, 1.82) is 0 Å². The quantitative estimate of drug-likeness (QED) is 0.674. The van der Waals surface area contributed by atoms with Crippen LogP contribution < -0.4 is 10.6 Å². The van der Waals surface area contributed by atoms with Crippen LogP contribution in [-0.2, 0) is 0 Å². The first-order valence-corrected chi connectivity index (χ1v) is 7.64. The average molecular weight is 308 g/mol. The molecule has 1 heterocycles. The molecule has 5 nitrogen and oxygen atoms in total. The van der Waals surface area contributed by atoms with E-state index in [9.17, 15) is 0 Å². The lowest BCUT2D eigenvalue weighted by Gasteiger charge is -2.13. The predicted octanol–water partition coefficient (Wildman–Crippen LogP) is 3.39. The fourth-order valence-corrected chi connectivity index (χ4v) is 2.45. The summed E-state index contributed by atoms with van der Waals surface area (Å²) in [6, 6.07) is 13.9. The molecular formula is C18H20N4O. The van der Waals surface area contributed by atoms with E-state index in [1.807, 2.05) is 36.4 Å². The number of hydrogen-bond acceptors (Lipinski definition) is 5. The van der Waals surface area contributed by atoms with Crippen molar-refractivity contribution in [3.8, 4) is 0 Å². The second kappa shape index (κ2) is 6.62. The molecule has 0 saturated heterocycles. The van der Waals surface area contributed by atoms with E-state index in [-0.39, 0.29) is 6.61 Å². The fraction of sp³-hybridized carbons (Fsp3) is 0.222. The van der Waals surface area contributed by atoms with Gasteiger partial charge in [0.2, 0.25) is 5.95 Å². The van der Waals surface area contributed by atoms with Gasteiger partial charge in [-0.05, 0) is 43.2 Å². The number of anilines is 3. The second-order valence-corrected chi connectivity index (χ2v) is 5.44. The molecule has 0 unspecified atom stereocenters. The van der Waals surface area contributed by atoms with Crippen molar-refractivity contribution in [3.63, 3.8) is 0 Å². The molecule has 23 heavy (non-hydrogen) atoms. The maximum atomic E-state index is 9.05. The van der Waals surface area contributed by atoms with Crippen LogP contribution >= 0.6 is 0 Å². The Morgan fingerprint density at radius 2 is 1.83 bits per heavy atom. The van der Waals surface area contributed by atoms with Crippen LogP contribution in [0.25, 0.3) is 10.9 Å². The number of aryl methyl sites for hydroxylation is 1. The number of nitrogens with zero attached hydrogens (tertiary/aromatic N) is 2. The van der Waals surface area contributed by atoms with Gasteiger partial charge in [0.1, 0.15) is 5.82 Å². The van der Waals surface area contributed by atoms with Crippen LogP contribution in [0.5, 0.6) is 0 Å². The number of benzene rings is 2. The lowest BCUT2D eigenvalue weighted by molar-refractivity contribution is 0.311. The zero-order valence-corrected chi connectivity index (χ0v) is 13.3. The van der Waals surface area contributed by atoms with E-state index in [0.29, 0.717) is 12.5 Å². The third-order valence-electron chi connectivity index (χ3n) is 3.86. The summed E-state index contributed by atoms with van der Waals surface area (Å²) in [5, 5.41) is 16.4. The smallest absolute Gasteiger partial charge is 0.229 e. The Bertz CT molecular complexity index is 832. The number of aromatic nitrogens is 2. The fourth-order valence-electron chi connectivity index (χ4n) is 2.45. The highest BCUT2D eigenvalue weighted by atomic mass is 16.3. The number of nitrogens with one attached hydrogen (secondary N) is 2. The van der Waals surface area contributed by atoms with Crippen molar-refractivity contribution in [2.24, 2.45) is 0 Å². The van der Waals surface area contributed by atoms with Crippen molar-refractivity contribution in [2.45, 2.75) is 13.8 Å². The zero-order chi connectivity index (χ0) is 16.2. The molecule has 3 N–H and O–H groups in total. The minimum Gasteiger partial charge on any atom is -0.395 e. The Balaban J connectivity index is 2.02. The molecule has 0 atom stereocenters. The van der Waals surface area contributed by atoms with Crippen molar-refractivity contribution >= 4 is 28.4 Å². The van der Waals surface area contributed by atoms with Crippen molar-refractivity contribution < 1.29 is 5.11 Å². The molecule has 0 bridgehead atoms. The summed E-state index contributed by atoms with van der Waals surface area (Å²) in [6.45, 7) is 4.65. The number of hydrogen-bond donors (Lipinski definition) is 3. The summed E-state index contributed by atoms with van der Waals surface area (Å²) in [5.74, 6) is 1.26. The van der Waals surface area contributed by atoms with E-state index in [4.69, 9.17) is 5.11 Å². The van der Waals surface area contributed by atoms with Gasteiger partial charge in [0.25, 0.3) is 0 Å². The van der Waals surface area contributed by atoms with Crippen molar-refractivity contribution in [2.75, 3.05) is 23.8 Å². The van der Waals surface area contributed by atoms with Gasteiger partial charge in [-0.1, -0.05) is 24.3 Å². The van der Waals surface area contributed by atoms with Gasteiger partial charge in [0.15, 0.2) is 0 Å². The van der Waals surface area contributed by atoms with Crippen LogP contribution in [-0.4, -0.2) is 28.2 Å². The summed E-state index contributed by atoms with van der Waals surface area (Å²) in [7, 11) is 0. The molecule has 2 aromatic carbocycles. The van der Waals surface area contributed by atoms with E-state index in [1.165, 1.54) is 11.1 Å². The molecule has 0 radical (unpaired) electrons. The van der Waals surface area contributed by atoms with Crippen LogP contribution in [0.15, 0.2) is 42.5 Å². The number of aliphatic hydroxyl groups is 1. The van der Waals surface area contributed by atoms with Crippen LogP contribution in [0.3, 0.4) is 0 Å². The normalized spacial score (nSPS) is 10.7. The molecule has 5 heteroatoms. The van der Waals surface area contributed by atoms with Gasteiger partial charge in [-0.3, -0.25) is 0 Å². The lowest BCUT2D eigenvalue weighted by Crippen LogP contribution is -2.09. The first-order chi connectivity index (χ1) is 11.2. The molecule has 118 valence electrons. The van der Waals surface area contributed by atoms with Crippen LogP contribution in [0.4, 0.5) is 17.5 Å². The lowest BCUT2D eigenvalue weighted by atomic mass is 10.1. The molecule has 0 spiro atoms. The van der Waals surface area contributed by atoms with E-state index in [1.54, 1.807) is 0 Å². The van der Waals surface area contributed by atoms with Gasteiger partial charge < -0.3 is 15.7 Å². The molecule has 0 aliphatic rings. The Morgan fingerprint density at radius 3 is 2.65 bits per heavy atom. The minimum atomic E-state index is 0.0537. The predicted molar refractivity (Wildman–Crippen MR) is 94.3 cm³/mol. The van der Waals surface area contributed by atoms with E-state index >= 15 is 0 Å². The molecule has 0 fully saturated rings. The van der Waals surface area contributed by atoms with Crippen LogP contribution in [0, 0.1) is 13.8 Å². The third-order valence-corrected chi connectivity index (χ3v) is 3.86. The monoisotopic (exact) mass is 308 g/mol. The Kier molecular flexibility index (Phi) is 4.39. The SMILES string of the molecule is Cc1cccc(Nc2nc(NCCO)c3ccccc3n2)c1C. The summed E-state index contributed by atoms with van der Waals surface area (Å²) in [6.07, 6.45) is 0. The number of para-hydroxylation sites is 1. The molecule has 0 saturated carbocycles. The number of fused-ring (bicyclic) bond motifs is 1. The Morgan fingerprint density at radius 1 is 1.00 bits per heavy atom. The largest absolute Gasteiger partial charge is 0.395 e. The molecule has 3 aromatic rings. The highest BCUT2D eigenvalue weighted by Crippen LogP contribution is 2.25. The molecule has 1 aromatic heterocycles. The standard InChI is InChI=1S/C18H20N4O/c1-12-6-5-9-15(13(12)2)20-18-21-16-8-4-3-7-14(16)17(22-18)19-10-11-23/h3-9,23H,10-11H2,1-2H3,(H2,19,20,21,22). The van der Waals surface area contributed by atoms with Crippen LogP contribution in [0.1, 0.15) is 11.1 Å². The summed E-state index contributed by atoms with van der Waals surface area (Å²) in [4.78, 5) is 9.15. The molecular weight excluding hydrogens is 288 g/mol. The Hall–Kier alpha value is -2.66. The van der Waals surface area contributed by atoms with Crippen molar-refractivity contribution in [3.05, 3.63) is 53.6 Å². The molecule has 0 aliphatic heterocycles. The highest BCUT2D eigenvalue weighted by molar-refractivity contribution is 5.90. The van der Waals surface area contributed by atoms with Gasteiger partial charge in [-0.25, -0.2) is 4.98 Å². The maximum absolute atomic E-state index is 9.05. The Labute approximate surface area is 135 Å². The third kappa shape index (κ3) is 3.24. The first-order valence-electron chi connectivity index (χ1n) is 7.64. The van der Waals surface area contributed by atoms with E-state index in [2.05, 4.69) is 40.5 Å². The first kappa shape index (κ1) is 15.2. The maximum Gasteiger partial charge on any atom is 0.229 e. The summed E-state index contributed by atoms with van der Waals surface area (Å²) in [5.41, 5.74) is 4.24. The average Bonchev–Trinajstić information content (AvgIpc) is 2.57. The van der Waals surface area contributed by atoms with E-state index in [0.717, 1.165) is 22.4 Å². The van der Waals surface area contributed by atoms with Crippen molar-refractivity contribution in [1.82, 2.24) is 9.97 Å². The molecule has 3 rings (SSSR count). The number of rotatable bonds is 5. The summed E-state index contributed by atoms with van der Waals surface area (Å²) < 4.78 is 0. The molecule has 0 amide bonds. The highest BCUT2D eigenvalue weighted by Gasteiger charge is 2.08. The topological polar surface area (TPSA) is 70.1 Å². The number of aliphatic hydroxyl groups excluding tert-OH is 1. The van der Waals surface area contributed by atoms with Gasteiger partial charge in [0.05, 0.1) is 12.1 Å². The zero-order valence-electron chi connectivity index (χ0n) is 13.3. The second-order valence-electron chi connectivity index (χ2n) is 5.44. The van der Waals surface area contributed by atoms with Gasteiger partial charge in [-0.2, -0.15) is 4.98 Å². The van der Waals surface area contributed by atoms with Crippen LogP contribution in [0.2, 0.25) is 0 Å². The minimum absolute atomic E-state index is 0.0537. The van der Waals surface area contributed by atoms with E-state index < -0.39 is 0 Å². The van der Waals surface area contributed by atoms with Gasteiger partial charge in [-0.15, -0.1) is 0 Å². The van der Waals surface area contributed by atoms with Gasteiger partial charge in [0, 0.05) is 17.6 Å². The summed E-state index contributed by atoms with van der Waals surface area (Å²) >= 11 is 0. The van der Waals surface area contributed by atoms with Gasteiger partial charge >= 0.3 is 0 Å².